The second kappa shape index (κ2) is 7.71. The Morgan fingerprint density at radius 3 is 2.75 bits per heavy atom. The van der Waals surface area contributed by atoms with Gasteiger partial charge < -0.3 is 10.5 Å². The lowest BCUT2D eigenvalue weighted by molar-refractivity contribution is 0.149. The van der Waals surface area contributed by atoms with Crippen LogP contribution >= 0.6 is 0 Å². The van der Waals surface area contributed by atoms with Gasteiger partial charge in [0.05, 0.1) is 0 Å². The summed E-state index contributed by atoms with van der Waals surface area (Å²) in [5.74, 6) is 0.707. The van der Waals surface area contributed by atoms with E-state index in [9.17, 15) is 4.21 Å². The molecule has 2 unspecified atom stereocenters. The highest BCUT2D eigenvalue weighted by Gasteiger charge is 2.07. The number of rotatable bonds is 7. The zero-order valence-electron chi connectivity index (χ0n) is 7.91. The van der Waals surface area contributed by atoms with E-state index in [-0.39, 0.29) is 5.25 Å². The maximum absolute atomic E-state index is 11.3. The van der Waals surface area contributed by atoms with Gasteiger partial charge in [-0.05, 0) is 20.3 Å². The van der Waals surface area contributed by atoms with E-state index in [1.54, 1.807) is 0 Å². The highest BCUT2D eigenvalue weighted by Crippen LogP contribution is 1.96. The fraction of sp³-hybridized carbons (Fsp3) is 1.00. The van der Waals surface area contributed by atoms with E-state index in [4.69, 9.17) is 10.5 Å². The Hall–Kier alpha value is 0.0700. The van der Waals surface area contributed by atoms with Gasteiger partial charge in [-0.2, -0.15) is 0 Å². The third-order valence-electron chi connectivity index (χ3n) is 1.62. The van der Waals surface area contributed by atoms with E-state index in [1.165, 1.54) is 0 Å². The molecule has 0 aromatic rings. The molecule has 0 heterocycles. The van der Waals surface area contributed by atoms with Gasteiger partial charge in [0.25, 0.3) is 0 Å². The van der Waals surface area contributed by atoms with Crippen LogP contribution in [0.15, 0.2) is 0 Å². The smallest absolute Gasteiger partial charge is 0.0474 e. The highest BCUT2D eigenvalue weighted by atomic mass is 32.2. The van der Waals surface area contributed by atoms with Crippen LogP contribution in [-0.4, -0.2) is 35.0 Å². The Kier molecular flexibility index (Phi) is 7.75. The van der Waals surface area contributed by atoms with Crippen molar-refractivity contribution in [3.63, 3.8) is 0 Å². The van der Waals surface area contributed by atoms with Gasteiger partial charge in [-0.15, -0.1) is 0 Å². The van der Waals surface area contributed by atoms with Crippen LogP contribution in [0, 0.1) is 0 Å². The molecular weight excluding hydrogens is 174 g/mol. The average molecular weight is 193 g/mol. The topological polar surface area (TPSA) is 52.3 Å². The normalized spacial score (nSPS) is 15.9. The Morgan fingerprint density at radius 1 is 1.58 bits per heavy atom. The summed E-state index contributed by atoms with van der Waals surface area (Å²) < 4.78 is 16.4. The van der Waals surface area contributed by atoms with Gasteiger partial charge in [0, 0.05) is 41.6 Å². The third kappa shape index (κ3) is 5.69. The van der Waals surface area contributed by atoms with Crippen molar-refractivity contribution >= 4 is 10.8 Å². The van der Waals surface area contributed by atoms with E-state index in [1.807, 2.05) is 13.8 Å². The largest absolute Gasteiger partial charge is 0.382 e. The molecule has 0 aliphatic heterocycles. The van der Waals surface area contributed by atoms with Gasteiger partial charge >= 0.3 is 0 Å². The molecule has 3 nitrogen and oxygen atoms in total. The molecule has 0 saturated heterocycles. The van der Waals surface area contributed by atoms with Gasteiger partial charge in [0.15, 0.2) is 0 Å². The van der Waals surface area contributed by atoms with Gasteiger partial charge in [0.2, 0.25) is 0 Å². The quantitative estimate of drug-likeness (QED) is 0.599. The maximum atomic E-state index is 11.3. The molecule has 0 bridgehead atoms. The van der Waals surface area contributed by atoms with Gasteiger partial charge in [-0.25, -0.2) is 0 Å². The average Bonchev–Trinajstić information content (AvgIpc) is 2.10. The molecule has 0 amide bonds. The summed E-state index contributed by atoms with van der Waals surface area (Å²) in [6.07, 6.45) is 0.866. The summed E-state index contributed by atoms with van der Waals surface area (Å²) in [6, 6.07) is 0. The van der Waals surface area contributed by atoms with Crippen molar-refractivity contribution < 1.29 is 8.95 Å². The minimum absolute atomic E-state index is 0.117. The molecule has 2 N–H and O–H groups in total. The first-order chi connectivity index (χ1) is 5.72. The number of ether oxygens (including phenoxy) is 1. The Balaban J connectivity index is 3.31. The third-order valence-corrected chi connectivity index (χ3v) is 3.40. The summed E-state index contributed by atoms with van der Waals surface area (Å²) in [5, 5.41) is 0.117. The molecule has 12 heavy (non-hydrogen) atoms. The summed E-state index contributed by atoms with van der Waals surface area (Å²) in [6.45, 7) is 5.82. The number of hydrogen-bond donors (Lipinski definition) is 1. The van der Waals surface area contributed by atoms with E-state index in [2.05, 4.69) is 0 Å². The van der Waals surface area contributed by atoms with Crippen molar-refractivity contribution in [2.45, 2.75) is 25.5 Å². The molecule has 0 radical (unpaired) electrons. The van der Waals surface area contributed by atoms with Crippen molar-refractivity contribution in [3.8, 4) is 0 Å². The number of hydrogen-bond acceptors (Lipinski definition) is 3. The van der Waals surface area contributed by atoms with Crippen molar-refractivity contribution in [2.75, 3.05) is 25.5 Å². The highest BCUT2D eigenvalue weighted by molar-refractivity contribution is 7.85. The maximum Gasteiger partial charge on any atom is 0.0474 e. The molecule has 0 aliphatic carbocycles. The van der Waals surface area contributed by atoms with E-state index < -0.39 is 10.8 Å². The zero-order chi connectivity index (χ0) is 9.40. The Bertz CT molecular complexity index is 130. The lowest BCUT2D eigenvalue weighted by Gasteiger charge is -2.07. The second-order valence-corrected chi connectivity index (χ2v) is 4.66. The fourth-order valence-corrected chi connectivity index (χ4v) is 1.78. The summed E-state index contributed by atoms with van der Waals surface area (Å²) in [5.41, 5.74) is 5.38. The predicted molar refractivity (Wildman–Crippen MR) is 52.6 cm³/mol. The minimum Gasteiger partial charge on any atom is -0.382 e. The van der Waals surface area contributed by atoms with E-state index in [0.717, 1.165) is 13.0 Å². The minimum atomic E-state index is -0.773. The molecule has 0 spiro atoms. The van der Waals surface area contributed by atoms with Crippen LogP contribution in [0.25, 0.3) is 0 Å². The summed E-state index contributed by atoms with van der Waals surface area (Å²) in [7, 11) is -0.773. The van der Waals surface area contributed by atoms with Gasteiger partial charge in [-0.3, -0.25) is 4.21 Å². The molecule has 0 aliphatic rings. The van der Waals surface area contributed by atoms with Crippen molar-refractivity contribution in [1.29, 1.82) is 0 Å². The van der Waals surface area contributed by atoms with Crippen LogP contribution in [0.2, 0.25) is 0 Å². The van der Waals surface area contributed by atoms with Crippen LogP contribution in [0.5, 0.6) is 0 Å². The molecule has 0 rings (SSSR count). The number of nitrogens with two attached hydrogens (primary N) is 1. The van der Waals surface area contributed by atoms with E-state index >= 15 is 0 Å². The molecule has 0 fully saturated rings. The first kappa shape index (κ1) is 12.1. The monoisotopic (exact) mass is 193 g/mol. The second-order valence-electron chi connectivity index (χ2n) is 2.68. The molecule has 74 valence electrons. The fourth-order valence-electron chi connectivity index (χ4n) is 0.756. The van der Waals surface area contributed by atoms with Crippen LogP contribution in [0.3, 0.4) is 0 Å². The van der Waals surface area contributed by atoms with Crippen LogP contribution in [-0.2, 0) is 15.5 Å². The molecule has 0 aromatic carbocycles. The van der Waals surface area contributed by atoms with Crippen LogP contribution in [0.1, 0.15) is 20.3 Å². The van der Waals surface area contributed by atoms with Crippen LogP contribution in [0.4, 0.5) is 0 Å². The molecule has 0 aromatic heterocycles. The molecular formula is C8H19NO2S. The zero-order valence-corrected chi connectivity index (χ0v) is 8.73. The van der Waals surface area contributed by atoms with Crippen LogP contribution < -0.4 is 5.73 Å². The summed E-state index contributed by atoms with van der Waals surface area (Å²) in [4.78, 5) is 0. The molecule has 4 heteroatoms. The first-order valence-corrected chi connectivity index (χ1v) is 5.75. The van der Waals surface area contributed by atoms with Crippen molar-refractivity contribution in [2.24, 2.45) is 5.73 Å². The SMILES string of the molecule is CCOCCCS(=O)C(C)CN. The lowest BCUT2D eigenvalue weighted by Crippen LogP contribution is -2.24. The van der Waals surface area contributed by atoms with Gasteiger partial charge in [0.1, 0.15) is 0 Å². The van der Waals surface area contributed by atoms with Crippen molar-refractivity contribution in [1.82, 2.24) is 0 Å². The Morgan fingerprint density at radius 2 is 2.25 bits per heavy atom. The lowest BCUT2D eigenvalue weighted by atomic mass is 10.5. The molecule has 2 atom stereocenters. The van der Waals surface area contributed by atoms with E-state index in [0.29, 0.717) is 18.9 Å². The summed E-state index contributed by atoms with van der Waals surface area (Å²) >= 11 is 0. The predicted octanol–water partition coefficient (Wildman–Crippen LogP) is 0.509. The van der Waals surface area contributed by atoms with Gasteiger partial charge in [-0.1, -0.05) is 0 Å². The Labute approximate surface area is 77.1 Å². The standard InChI is InChI=1S/C8H19NO2S/c1-3-11-5-4-6-12(10)8(2)7-9/h8H,3-7,9H2,1-2H3. The van der Waals surface area contributed by atoms with Crippen molar-refractivity contribution in [3.05, 3.63) is 0 Å². The first-order valence-electron chi connectivity index (χ1n) is 4.37. The molecule has 0 saturated carbocycles.